The molecule has 0 unspecified atom stereocenters. The van der Waals surface area contributed by atoms with E-state index in [9.17, 15) is 14.4 Å². The van der Waals surface area contributed by atoms with Crippen LogP contribution in [-0.4, -0.2) is 38.3 Å². The number of amides is 2. The monoisotopic (exact) mass is 378 g/mol. The summed E-state index contributed by atoms with van der Waals surface area (Å²) in [4.78, 5) is 36.9. The molecule has 0 saturated heterocycles. The van der Waals surface area contributed by atoms with Crippen LogP contribution in [0.1, 0.15) is 27.9 Å². The lowest BCUT2D eigenvalue weighted by molar-refractivity contribution is -0.116. The molecule has 1 aliphatic rings. The Kier molecular flexibility index (Phi) is 6.22. The van der Waals surface area contributed by atoms with E-state index in [1.54, 1.807) is 30.2 Å². The molecule has 144 valence electrons. The number of nitrogens with zero attached hydrogens (tertiary/aromatic N) is 1. The van der Waals surface area contributed by atoms with Gasteiger partial charge in [-0.3, -0.25) is 14.4 Å². The van der Waals surface area contributed by atoms with Crippen molar-refractivity contribution in [1.82, 2.24) is 5.32 Å². The Labute approximate surface area is 163 Å². The van der Waals surface area contributed by atoms with Gasteiger partial charge in [-0.15, -0.1) is 0 Å². The van der Waals surface area contributed by atoms with Crippen molar-refractivity contribution >= 4 is 29.9 Å². The van der Waals surface area contributed by atoms with Gasteiger partial charge in [-0.1, -0.05) is 12.1 Å². The number of anilines is 1. The number of Topliss-reactive ketones (excluding diaryl/α,β-unsaturated/α-hetero) is 1. The number of rotatable bonds is 8. The third-order valence-electron chi connectivity index (χ3n) is 4.63. The maximum Gasteiger partial charge on any atom is 0.244 e. The van der Waals surface area contributed by atoms with Crippen molar-refractivity contribution in [3.05, 3.63) is 65.2 Å². The summed E-state index contributed by atoms with van der Waals surface area (Å²) in [5, 5.41) is 2.72. The van der Waals surface area contributed by atoms with Crippen molar-refractivity contribution in [2.24, 2.45) is 0 Å². The van der Waals surface area contributed by atoms with E-state index in [-0.39, 0.29) is 24.7 Å². The molecule has 2 aromatic carbocycles. The minimum absolute atomic E-state index is 0.0376. The average Bonchev–Trinajstić information content (AvgIpc) is 3.14. The SMILES string of the molecule is COc1cccc(/C=C/C(=O)NCCC(=O)c2ccc3c(c2)CCN3C=O)c1. The van der Waals surface area contributed by atoms with E-state index in [1.807, 2.05) is 30.3 Å². The summed E-state index contributed by atoms with van der Waals surface area (Å²) in [6.07, 6.45) is 4.90. The number of benzene rings is 2. The quantitative estimate of drug-likeness (QED) is 0.435. The molecule has 3 rings (SSSR count). The molecule has 0 atom stereocenters. The number of hydrogen-bond donors (Lipinski definition) is 1. The summed E-state index contributed by atoms with van der Waals surface area (Å²) in [7, 11) is 1.59. The highest BCUT2D eigenvalue weighted by Crippen LogP contribution is 2.27. The van der Waals surface area contributed by atoms with Gasteiger partial charge >= 0.3 is 0 Å². The van der Waals surface area contributed by atoms with Crippen molar-refractivity contribution in [2.75, 3.05) is 25.1 Å². The fraction of sp³-hybridized carbons (Fsp3) is 0.227. The van der Waals surface area contributed by atoms with E-state index in [1.165, 1.54) is 6.08 Å². The number of carbonyl (C=O) groups excluding carboxylic acids is 3. The summed E-state index contributed by atoms with van der Waals surface area (Å²) >= 11 is 0. The molecule has 28 heavy (non-hydrogen) atoms. The van der Waals surface area contributed by atoms with E-state index in [0.717, 1.165) is 35.4 Å². The molecule has 2 amide bonds. The molecule has 0 aromatic heterocycles. The van der Waals surface area contributed by atoms with Crippen molar-refractivity contribution in [2.45, 2.75) is 12.8 Å². The minimum atomic E-state index is -0.258. The van der Waals surface area contributed by atoms with Gasteiger partial charge in [-0.05, 0) is 54.0 Å². The summed E-state index contributed by atoms with van der Waals surface area (Å²) in [5.41, 5.74) is 3.33. The number of hydrogen-bond acceptors (Lipinski definition) is 4. The fourth-order valence-corrected chi connectivity index (χ4v) is 3.13. The summed E-state index contributed by atoms with van der Waals surface area (Å²) < 4.78 is 5.14. The van der Waals surface area contributed by atoms with Gasteiger partial charge in [0.15, 0.2) is 5.78 Å². The highest BCUT2D eigenvalue weighted by atomic mass is 16.5. The zero-order valence-corrected chi connectivity index (χ0v) is 15.7. The molecular weight excluding hydrogens is 356 g/mol. The third kappa shape index (κ3) is 4.65. The second-order valence-electron chi connectivity index (χ2n) is 6.47. The molecule has 2 aromatic rings. The van der Waals surface area contributed by atoms with Crippen LogP contribution in [0.3, 0.4) is 0 Å². The summed E-state index contributed by atoms with van der Waals surface area (Å²) in [6.45, 7) is 0.907. The Hall–Kier alpha value is -3.41. The second-order valence-corrected chi connectivity index (χ2v) is 6.47. The van der Waals surface area contributed by atoms with Gasteiger partial charge in [0.05, 0.1) is 7.11 Å². The molecule has 6 heteroatoms. The Morgan fingerprint density at radius 1 is 1.21 bits per heavy atom. The van der Waals surface area contributed by atoms with Crippen LogP contribution >= 0.6 is 0 Å². The zero-order valence-electron chi connectivity index (χ0n) is 15.7. The molecule has 1 aliphatic heterocycles. The molecule has 0 bridgehead atoms. The van der Waals surface area contributed by atoms with Crippen LogP contribution in [0.2, 0.25) is 0 Å². The van der Waals surface area contributed by atoms with Crippen molar-refractivity contribution < 1.29 is 19.1 Å². The number of methoxy groups -OCH3 is 1. The van der Waals surface area contributed by atoms with Crippen molar-refractivity contribution in [3.63, 3.8) is 0 Å². The van der Waals surface area contributed by atoms with Gasteiger partial charge in [0.2, 0.25) is 12.3 Å². The van der Waals surface area contributed by atoms with Crippen LogP contribution in [0.5, 0.6) is 5.75 Å². The van der Waals surface area contributed by atoms with Gasteiger partial charge in [0.25, 0.3) is 0 Å². The van der Waals surface area contributed by atoms with Crippen molar-refractivity contribution in [1.29, 1.82) is 0 Å². The van der Waals surface area contributed by atoms with Crippen LogP contribution in [0.25, 0.3) is 6.08 Å². The average molecular weight is 378 g/mol. The molecule has 0 aliphatic carbocycles. The van der Waals surface area contributed by atoms with E-state index in [0.29, 0.717) is 12.1 Å². The van der Waals surface area contributed by atoms with E-state index in [4.69, 9.17) is 4.74 Å². The molecule has 0 fully saturated rings. The lowest BCUT2D eigenvalue weighted by Gasteiger charge is -2.10. The molecule has 1 N–H and O–H groups in total. The Balaban J connectivity index is 1.49. The van der Waals surface area contributed by atoms with Crippen molar-refractivity contribution in [3.8, 4) is 5.75 Å². The predicted molar refractivity (Wildman–Crippen MR) is 108 cm³/mol. The maximum atomic E-state index is 12.4. The maximum absolute atomic E-state index is 12.4. The third-order valence-corrected chi connectivity index (χ3v) is 4.63. The number of carbonyl (C=O) groups is 3. The lowest BCUT2D eigenvalue weighted by atomic mass is 10.0. The van der Waals surface area contributed by atoms with Gasteiger partial charge in [0.1, 0.15) is 5.75 Å². The standard InChI is InChI=1S/C22H22N2O4/c1-28-19-4-2-3-16(13-19)5-8-22(27)23-11-9-21(26)18-6-7-20-17(14-18)10-12-24(20)15-25/h2-8,13-15H,9-12H2,1H3,(H,23,27)/b8-5+. The predicted octanol–water partition coefficient (Wildman–Crippen LogP) is 2.62. The van der Waals surface area contributed by atoms with Crippen LogP contribution in [-0.2, 0) is 16.0 Å². The largest absolute Gasteiger partial charge is 0.497 e. The van der Waals surface area contributed by atoms with Crippen LogP contribution in [0, 0.1) is 0 Å². The topological polar surface area (TPSA) is 75.7 Å². The first-order valence-corrected chi connectivity index (χ1v) is 9.09. The summed E-state index contributed by atoms with van der Waals surface area (Å²) in [6, 6.07) is 12.7. The molecule has 0 radical (unpaired) electrons. The van der Waals surface area contributed by atoms with E-state index >= 15 is 0 Å². The van der Waals surface area contributed by atoms with Gasteiger partial charge in [-0.25, -0.2) is 0 Å². The van der Waals surface area contributed by atoms with E-state index < -0.39 is 0 Å². The first-order valence-electron chi connectivity index (χ1n) is 9.09. The fourth-order valence-electron chi connectivity index (χ4n) is 3.13. The van der Waals surface area contributed by atoms with E-state index in [2.05, 4.69) is 5.32 Å². The van der Waals surface area contributed by atoms with Gasteiger partial charge < -0.3 is 15.0 Å². The zero-order chi connectivity index (χ0) is 19.9. The van der Waals surface area contributed by atoms with Crippen LogP contribution < -0.4 is 15.0 Å². The smallest absolute Gasteiger partial charge is 0.244 e. The Morgan fingerprint density at radius 2 is 2.07 bits per heavy atom. The lowest BCUT2D eigenvalue weighted by Crippen LogP contribution is -2.24. The molecule has 0 spiro atoms. The Morgan fingerprint density at radius 3 is 2.86 bits per heavy atom. The number of nitrogens with one attached hydrogen (secondary N) is 1. The minimum Gasteiger partial charge on any atom is -0.497 e. The van der Waals surface area contributed by atoms with Gasteiger partial charge in [-0.2, -0.15) is 0 Å². The number of fused-ring (bicyclic) bond motifs is 1. The van der Waals surface area contributed by atoms with Crippen LogP contribution in [0.4, 0.5) is 5.69 Å². The molecular formula is C22H22N2O4. The second kappa shape index (κ2) is 8.99. The first-order chi connectivity index (χ1) is 13.6. The first kappa shape index (κ1) is 19.4. The highest BCUT2D eigenvalue weighted by molar-refractivity contribution is 5.98. The molecule has 6 nitrogen and oxygen atoms in total. The Bertz CT molecular complexity index is 921. The highest BCUT2D eigenvalue weighted by Gasteiger charge is 2.19. The number of ketones is 1. The normalized spacial score (nSPS) is 12.7. The summed E-state index contributed by atoms with van der Waals surface area (Å²) in [5.74, 6) is 0.425. The molecule has 0 saturated carbocycles. The van der Waals surface area contributed by atoms with Crippen LogP contribution in [0.15, 0.2) is 48.5 Å². The van der Waals surface area contributed by atoms with Gasteiger partial charge in [0, 0.05) is 36.8 Å². The molecule has 1 heterocycles. The number of ether oxygens (including phenoxy) is 1.